The Hall–Kier alpha value is -2.73. The molecule has 0 bridgehead atoms. The number of anilines is 1. The fraction of sp³-hybridized carbons (Fsp3) is 0.111. The Morgan fingerprint density at radius 3 is 2.83 bits per heavy atom. The first-order valence-electron chi connectivity index (χ1n) is 7.59. The van der Waals surface area contributed by atoms with Crippen LogP contribution >= 0.6 is 11.3 Å². The summed E-state index contributed by atoms with van der Waals surface area (Å²) in [7, 11) is 0. The minimum absolute atomic E-state index is 0.266. The summed E-state index contributed by atoms with van der Waals surface area (Å²) in [6, 6.07) is 14.7. The first-order valence-corrected chi connectivity index (χ1v) is 8.41. The first-order chi connectivity index (χ1) is 11.7. The molecule has 4 rings (SSSR count). The minimum atomic E-state index is -0.266. The zero-order chi connectivity index (χ0) is 16.5. The van der Waals surface area contributed by atoms with E-state index in [1.54, 1.807) is 10.6 Å². The second-order valence-electron chi connectivity index (χ2n) is 5.55. The Labute approximate surface area is 142 Å². The predicted octanol–water partition coefficient (Wildman–Crippen LogP) is 4.52. The number of aromatic nitrogens is 3. The molecule has 0 unspecified atom stereocenters. The molecule has 6 heteroatoms. The van der Waals surface area contributed by atoms with Crippen LogP contribution in [0, 0.1) is 12.7 Å². The summed E-state index contributed by atoms with van der Waals surface area (Å²) < 4.78 is 15.1. The van der Waals surface area contributed by atoms with E-state index in [1.165, 1.54) is 34.6 Å². The first kappa shape index (κ1) is 14.8. The van der Waals surface area contributed by atoms with Gasteiger partial charge in [-0.3, -0.25) is 0 Å². The molecule has 0 aliphatic carbocycles. The van der Waals surface area contributed by atoms with Crippen molar-refractivity contribution in [3.05, 3.63) is 71.7 Å². The van der Waals surface area contributed by atoms with Crippen molar-refractivity contribution in [3.63, 3.8) is 0 Å². The third kappa shape index (κ3) is 2.88. The summed E-state index contributed by atoms with van der Waals surface area (Å²) in [6.45, 7) is 2.82. The third-order valence-corrected chi connectivity index (χ3v) is 4.74. The Kier molecular flexibility index (Phi) is 3.74. The fourth-order valence-corrected chi connectivity index (χ4v) is 3.31. The van der Waals surface area contributed by atoms with E-state index in [-0.39, 0.29) is 5.82 Å². The number of nitrogens with one attached hydrogen (secondary N) is 1. The lowest BCUT2D eigenvalue weighted by Crippen LogP contribution is -2.01. The molecule has 0 radical (unpaired) electrons. The summed E-state index contributed by atoms with van der Waals surface area (Å²) >= 11 is 1.48. The molecule has 2 heterocycles. The van der Waals surface area contributed by atoms with Gasteiger partial charge in [0.05, 0.1) is 11.9 Å². The quantitative estimate of drug-likeness (QED) is 0.595. The lowest BCUT2D eigenvalue weighted by Gasteiger charge is -2.05. The van der Waals surface area contributed by atoms with Gasteiger partial charge >= 0.3 is 0 Å². The molecular formula is C18H15FN4S. The Morgan fingerprint density at radius 2 is 2.04 bits per heavy atom. The van der Waals surface area contributed by atoms with Gasteiger partial charge in [0.15, 0.2) is 0 Å². The zero-order valence-corrected chi connectivity index (χ0v) is 13.8. The molecule has 0 spiro atoms. The summed E-state index contributed by atoms with van der Waals surface area (Å²) in [5.74, 6) is -0.266. The third-order valence-electron chi connectivity index (χ3n) is 3.85. The molecule has 4 aromatic rings. The number of imidazole rings is 1. The monoisotopic (exact) mass is 338 g/mol. The van der Waals surface area contributed by atoms with Crippen LogP contribution in [0.25, 0.3) is 16.2 Å². The van der Waals surface area contributed by atoms with Crippen molar-refractivity contribution >= 4 is 21.4 Å². The van der Waals surface area contributed by atoms with Crippen molar-refractivity contribution in [2.75, 3.05) is 5.32 Å². The van der Waals surface area contributed by atoms with Crippen LogP contribution in [0.5, 0.6) is 0 Å². The highest BCUT2D eigenvalue weighted by atomic mass is 32.1. The SMILES string of the molecule is Cc1ccccc1CNc1nn2cc(-c3cccc(F)c3)nc2s1. The van der Waals surface area contributed by atoms with Gasteiger partial charge < -0.3 is 5.32 Å². The highest BCUT2D eigenvalue weighted by molar-refractivity contribution is 7.20. The van der Waals surface area contributed by atoms with Gasteiger partial charge in [-0.1, -0.05) is 47.7 Å². The largest absolute Gasteiger partial charge is 0.356 e. The van der Waals surface area contributed by atoms with Crippen LogP contribution in [0.1, 0.15) is 11.1 Å². The van der Waals surface area contributed by atoms with Crippen LogP contribution in [0.3, 0.4) is 0 Å². The van der Waals surface area contributed by atoms with E-state index in [0.717, 1.165) is 27.9 Å². The van der Waals surface area contributed by atoms with E-state index in [2.05, 4.69) is 34.5 Å². The summed E-state index contributed by atoms with van der Waals surface area (Å²) in [5, 5.41) is 8.64. The molecule has 24 heavy (non-hydrogen) atoms. The average molecular weight is 338 g/mol. The number of hydrogen-bond donors (Lipinski definition) is 1. The normalized spacial score (nSPS) is 11.1. The van der Waals surface area contributed by atoms with E-state index in [0.29, 0.717) is 0 Å². The fourth-order valence-electron chi connectivity index (χ4n) is 2.54. The molecule has 120 valence electrons. The standard InChI is InChI=1S/C18H15FN4S/c1-12-5-2-3-6-14(12)10-20-17-22-23-11-16(21-18(23)24-17)13-7-4-8-15(19)9-13/h2-9,11H,10H2,1H3,(H,20,22). The lowest BCUT2D eigenvalue weighted by atomic mass is 10.1. The molecular weight excluding hydrogens is 323 g/mol. The topological polar surface area (TPSA) is 42.2 Å². The summed E-state index contributed by atoms with van der Waals surface area (Å²) in [6.07, 6.45) is 1.82. The van der Waals surface area contributed by atoms with E-state index in [1.807, 2.05) is 24.4 Å². The van der Waals surface area contributed by atoms with Gasteiger partial charge in [-0.25, -0.2) is 13.9 Å². The maximum Gasteiger partial charge on any atom is 0.214 e. The highest BCUT2D eigenvalue weighted by Crippen LogP contribution is 2.25. The van der Waals surface area contributed by atoms with Crippen molar-refractivity contribution < 1.29 is 4.39 Å². The van der Waals surface area contributed by atoms with Gasteiger partial charge in [0.2, 0.25) is 10.1 Å². The number of fused-ring (bicyclic) bond motifs is 1. The van der Waals surface area contributed by atoms with Gasteiger partial charge in [-0.2, -0.15) is 0 Å². The second kappa shape index (κ2) is 6.05. The van der Waals surface area contributed by atoms with Crippen LogP contribution in [0.15, 0.2) is 54.7 Å². The van der Waals surface area contributed by atoms with Crippen molar-refractivity contribution in [2.45, 2.75) is 13.5 Å². The number of nitrogens with zero attached hydrogens (tertiary/aromatic N) is 3. The smallest absolute Gasteiger partial charge is 0.214 e. The molecule has 2 aromatic carbocycles. The summed E-state index contributed by atoms with van der Waals surface area (Å²) in [5.41, 5.74) is 3.96. The Bertz CT molecular complexity index is 974. The summed E-state index contributed by atoms with van der Waals surface area (Å²) in [4.78, 5) is 5.31. The second-order valence-corrected chi connectivity index (χ2v) is 6.51. The minimum Gasteiger partial charge on any atom is -0.356 e. The van der Waals surface area contributed by atoms with Gasteiger partial charge in [-0.05, 0) is 30.2 Å². The van der Waals surface area contributed by atoms with Crippen LogP contribution < -0.4 is 5.32 Å². The number of rotatable bonds is 4. The maximum absolute atomic E-state index is 13.3. The van der Waals surface area contributed by atoms with Crippen molar-refractivity contribution in [3.8, 4) is 11.3 Å². The molecule has 0 amide bonds. The number of aryl methyl sites for hydroxylation is 1. The maximum atomic E-state index is 13.3. The van der Waals surface area contributed by atoms with E-state index < -0.39 is 0 Å². The van der Waals surface area contributed by atoms with E-state index >= 15 is 0 Å². The number of benzene rings is 2. The Balaban J connectivity index is 1.55. The Morgan fingerprint density at radius 1 is 1.17 bits per heavy atom. The van der Waals surface area contributed by atoms with Crippen molar-refractivity contribution in [1.29, 1.82) is 0 Å². The van der Waals surface area contributed by atoms with E-state index in [9.17, 15) is 4.39 Å². The molecule has 4 nitrogen and oxygen atoms in total. The molecule has 0 saturated carbocycles. The van der Waals surface area contributed by atoms with E-state index in [4.69, 9.17) is 0 Å². The van der Waals surface area contributed by atoms with Gasteiger partial charge in [0.1, 0.15) is 5.82 Å². The highest BCUT2D eigenvalue weighted by Gasteiger charge is 2.10. The lowest BCUT2D eigenvalue weighted by molar-refractivity contribution is 0.628. The number of hydrogen-bond acceptors (Lipinski definition) is 4. The van der Waals surface area contributed by atoms with Crippen LogP contribution in [-0.4, -0.2) is 14.6 Å². The molecule has 0 saturated heterocycles. The molecule has 0 atom stereocenters. The number of halogens is 1. The molecule has 0 aliphatic rings. The average Bonchev–Trinajstić information content (AvgIpc) is 3.12. The zero-order valence-electron chi connectivity index (χ0n) is 13.0. The van der Waals surface area contributed by atoms with Crippen LogP contribution in [0.4, 0.5) is 9.52 Å². The molecule has 1 N–H and O–H groups in total. The molecule has 2 aromatic heterocycles. The van der Waals surface area contributed by atoms with Crippen LogP contribution in [-0.2, 0) is 6.54 Å². The molecule has 0 fully saturated rings. The van der Waals surface area contributed by atoms with Gasteiger partial charge in [-0.15, -0.1) is 5.10 Å². The molecule has 0 aliphatic heterocycles. The van der Waals surface area contributed by atoms with Gasteiger partial charge in [0.25, 0.3) is 0 Å². The predicted molar refractivity (Wildman–Crippen MR) is 94.8 cm³/mol. The van der Waals surface area contributed by atoms with Crippen molar-refractivity contribution in [1.82, 2.24) is 14.6 Å². The van der Waals surface area contributed by atoms with Gasteiger partial charge in [0, 0.05) is 12.1 Å². The van der Waals surface area contributed by atoms with Crippen LogP contribution in [0.2, 0.25) is 0 Å². The van der Waals surface area contributed by atoms with Crippen molar-refractivity contribution in [2.24, 2.45) is 0 Å².